The van der Waals surface area contributed by atoms with E-state index >= 15 is 0 Å². The fourth-order valence-corrected chi connectivity index (χ4v) is 3.14. The Morgan fingerprint density at radius 2 is 2.00 bits per heavy atom. The van der Waals surface area contributed by atoms with Crippen molar-refractivity contribution in [3.8, 4) is 0 Å². The normalized spacial score (nSPS) is 17.6. The summed E-state index contributed by atoms with van der Waals surface area (Å²) in [5.41, 5.74) is 5.97. The molecule has 1 aromatic carbocycles. The van der Waals surface area contributed by atoms with Gasteiger partial charge in [0.15, 0.2) is 0 Å². The number of rotatable bonds is 3. The molecule has 1 aliphatic rings. The first kappa shape index (κ1) is 14.2. The number of morpholine rings is 1. The molecule has 0 saturated carbocycles. The van der Waals surface area contributed by atoms with Gasteiger partial charge in [0.25, 0.3) is 10.0 Å². The van der Waals surface area contributed by atoms with Gasteiger partial charge in [-0.15, -0.1) is 4.83 Å². The highest BCUT2D eigenvalue weighted by Gasteiger charge is 2.24. The van der Waals surface area contributed by atoms with Gasteiger partial charge in [0.1, 0.15) is 10.7 Å². The minimum atomic E-state index is -3.97. The maximum atomic E-state index is 13.9. The lowest BCUT2D eigenvalue weighted by Gasteiger charge is -2.26. The molecule has 2 rings (SSSR count). The third-order valence-corrected chi connectivity index (χ3v) is 4.17. The molecule has 0 atom stereocenters. The molecule has 106 valence electrons. The second-order valence-corrected chi connectivity index (χ2v) is 5.97. The second kappa shape index (κ2) is 5.41. The summed E-state index contributed by atoms with van der Waals surface area (Å²) in [6.45, 7) is 3.17. The van der Waals surface area contributed by atoms with Crippen molar-refractivity contribution >= 4 is 15.7 Å². The lowest BCUT2D eigenvalue weighted by Crippen LogP contribution is -2.48. The summed E-state index contributed by atoms with van der Waals surface area (Å²) in [7, 11) is -3.97. The summed E-state index contributed by atoms with van der Waals surface area (Å²) in [4.78, 5) is 1.90. The lowest BCUT2D eigenvalue weighted by atomic mass is 10.2. The van der Waals surface area contributed by atoms with Crippen LogP contribution in [0.15, 0.2) is 17.0 Å². The molecule has 1 aromatic rings. The molecule has 1 aliphatic heterocycles. The molecule has 1 saturated heterocycles. The van der Waals surface area contributed by atoms with Gasteiger partial charge >= 0.3 is 0 Å². The first-order valence-electron chi connectivity index (χ1n) is 5.81. The monoisotopic (exact) mass is 289 g/mol. The van der Waals surface area contributed by atoms with Crippen molar-refractivity contribution in [2.45, 2.75) is 11.8 Å². The summed E-state index contributed by atoms with van der Waals surface area (Å²) in [6, 6.07) is 2.51. The van der Waals surface area contributed by atoms with E-state index in [0.29, 0.717) is 26.3 Å². The standard InChI is InChI=1S/C11H16FN3O3S/c1-8-6-9(13)7-10(11(8)12)19(16,17)14-15-2-4-18-5-3-15/h6-7,14H,2-5,13H2,1H3. The van der Waals surface area contributed by atoms with Crippen LogP contribution in [0.1, 0.15) is 5.56 Å². The minimum Gasteiger partial charge on any atom is -0.399 e. The number of nitrogens with zero attached hydrogens (tertiary/aromatic N) is 1. The number of sulfonamides is 1. The van der Waals surface area contributed by atoms with E-state index in [-0.39, 0.29) is 11.3 Å². The van der Waals surface area contributed by atoms with Crippen LogP contribution in [0.3, 0.4) is 0 Å². The fraction of sp³-hybridized carbons (Fsp3) is 0.455. The van der Waals surface area contributed by atoms with Crippen LogP contribution in [0.25, 0.3) is 0 Å². The zero-order valence-electron chi connectivity index (χ0n) is 10.5. The van der Waals surface area contributed by atoms with E-state index in [0.717, 1.165) is 6.07 Å². The van der Waals surface area contributed by atoms with Crippen molar-refractivity contribution in [3.63, 3.8) is 0 Å². The summed E-state index contributed by atoms with van der Waals surface area (Å²) in [5, 5.41) is 1.48. The van der Waals surface area contributed by atoms with E-state index in [1.54, 1.807) is 0 Å². The number of nitrogen functional groups attached to an aromatic ring is 1. The molecule has 0 spiro atoms. The molecule has 0 aromatic heterocycles. The van der Waals surface area contributed by atoms with E-state index in [1.165, 1.54) is 18.0 Å². The van der Waals surface area contributed by atoms with Crippen LogP contribution in [0.2, 0.25) is 0 Å². The molecule has 1 fully saturated rings. The number of nitrogens with one attached hydrogen (secondary N) is 1. The molecule has 0 radical (unpaired) electrons. The van der Waals surface area contributed by atoms with E-state index in [2.05, 4.69) is 4.83 Å². The highest BCUT2D eigenvalue weighted by atomic mass is 32.2. The Hall–Kier alpha value is -1.22. The van der Waals surface area contributed by atoms with Gasteiger partial charge in [-0.25, -0.2) is 17.8 Å². The molecular weight excluding hydrogens is 273 g/mol. The van der Waals surface area contributed by atoms with Gasteiger partial charge in [-0.05, 0) is 24.6 Å². The number of anilines is 1. The number of nitrogens with two attached hydrogens (primary N) is 1. The number of aryl methyl sites for hydroxylation is 1. The number of hydrogen-bond donors (Lipinski definition) is 2. The quantitative estimate of drug-likeness (QED) is 0.779. The van der Waals surface area contributed by atoms with Crippen molar-refractivity contribution in [1.82, 2.24) is 9.84 Å². The van der Waals surface area contributed by atoms with Crippen molar-refractivity contribution in [2.24, 2.45) is 0 Å². The summed E-state index contributed by atoms with van der Waals surface area (Å²) in [5.74, 6) is -0.782. The molecule has 8 heteroatoms. The molecule has 0 aliphatic carbocycles. The smallest absolute Gasteiger partial charge is 0.256 e. The van der Waals surface area contributed by atoms with Gasteiger partial charge in [0, 0.05) is 18.8 Å². The molecule has 0 amide bonds. The molecular formula is C11H16FN3O3S. The third kappa shape index (κ3) is 3.21. The molecule has 6 nitrogen and oxygen atoms in total. The zero-order valence-corrected chi connectivity index (χ0v) is 11.3. The number of hydrogen-bond acceptors (Lipinski definition) is 5. The van der Waals surface area contributed by atoms with Gasteiger partial charge in [-0.2, -0.15) is 0 Å². The van der Waals surface area contributed by atoms with E-state index < -0.39 is 20.7 Å². The number of halogens is 1. The second-order valence-electron chi connectivity index (χ2n) is 4.34. The van der Waals surface area contributed by atoms with Gasteiger partial charge in [-0.1, -0.05) is 0 Å². The summed E-state index contributed by atoms with van der Waals surface area (Å²) < 4.78 is 43.3. The van der Waals surface area contributed by atoms with Gasteiger partial charge < -0.3 is 10.5 Å². The van der Waals surface area contributed by atoms with E-state index in [1.807, 2.05) is 0 Å². The minimum absolute atomic E-state index is 0.197. The van der Waals surface area contributed by atoms with Crippen molar-refractivity contribution in [2.75, 3.05) is 32.0 Å². The highest BCUT2D eigenvalue weighted by Crippen LogP contribution is 2.21. The van der Waals surface area contributed by atoms with Crippen LogP contribution in [-0.2, 0) is 14.8 Å². The largest absolute Gasteiger partial charge is 0.399 e. The Morgan fingerprint density at radius 1 is 1.37 bits per heavy atom. The van der Waals surface area contributed by atoms with Crippen LogP contribution in [0.4, 0.5) is 10.1 Å². The molecule has 0 unspecified atom stereocenters. The fourth-order valence-electron chi connectivity index (χ4n) is 1.83. The van der Waals surface area contributed by atoms with Crippen molar-refractivity contribution in [1.29, 1.82) is 0 Å². The van der Waals surface area contributed by atoms with Crippen molar-refractivity contribution < 1.29 is 17.5 Å². The Balaban J connectivity index is 2.28. The molecule has 19 heavy (non-hydrogen) atoms. The average Bonchev–Trinajstić information content (AvgIpc) is 2.34. The van der Waals surface area contributed by atoms with Gasteiger partial charge in [0.2, 0.25) is 0 Å². The number of benzene rings is 1. The predicted molar refractivity (Wildman–Crippen MR) is 68.3 cm³/mol. The van der Waals surface area contributed by atoms with Crippen molar-refractivity contribution in [3.05, 3.63) is 23.5 Å². The van der Waals surface area contributed by atoms with E-state index in [9.17, 15) is 12.8 Å². The molecule has 3 N–H and O–H groups in total. The van der Waals surface area contributed by atoms with Crippen LogP contribution < -0.4 is 10.6 Å². The Morgan fingerprint density at radius 3 is 2.63 bits per heavy atom. The SMILES string of the molecule is Cc1cc(N)cc(S(=O)(=O)NN2CCOCC2)c1F. The van der Waals surface area contributed by atoms with Crippen LogP contribution in [0.5, 0.6) is 0 Å². The third-order valence-electron chi connectivity index (χ3n) is 2.79. The van der Waals surface area contributed by atoms with Gasteiger partial charge in [0.05, 0.1) is 13.2 Å². The molecule has 0 bridgehead atoms. The van der Waals surface area contributed by atoms with E-state index in [4.69, 9.17) is 10.5 Å². The summed E-state index contributed by atoms with van der Waals surface area (Å²) >= 11 is 0. The lowest BCUT2D eigenvalue weighted by molar-refractivity contribution is 0.0272. The zero-order chi connectivity index (χ0) is 14.0. The Kier molecular flexibility index (Phi) is 4.04. The van der Waals surface area contributed by atoms with Crippen LogP contribution in [0, 0.1) is 12.7 Å². The van der Waals surface area contributed by atoms with Gasteiger partial charge in [-0.3, -0.25) is 0 Å². The Bertz CT molecular complexity index is 571. The number of hydrazine groups is 1. The summed E-state index contributed by atoms with van der Waals surface area (Å²) in [6.07, 6.45) is 0. The predicted octanol–water partition coefficient (Wildman–Crippen LogP) is 0.242. The van der Waals surface area contributed by atoms with Crippen LogP contribution >= 0.6 is 0 Å². The maximum Gasteiger partial charge on any atom is 0.256 e. The number of ether oxygens (including phenoxy) is 1. The molecule has 1 heterocycles. The first-order chi connectivity index (χ1) is 8.90. The topological polar surface area (TPSA) is 84.7 Å². The maximum absolute atomic E-state index is 13.9. The highest BCUT2D eigenvalue weighted by molar-refractivity contribution is 7.89. The first-order valence-corrected chi connectivity index (χ1v) is 7.29. The van der Waals surface area contributed by atoms with Crippen LogP contribution in [-0.4, -0.2) is 39.7 Å². The Labute approximate surface area is 111 Å². The average molecular weight is 289 g/mol.